The first-order valence-electron chi connectivity index (χ1n) is 7.63. The van der Waals surface area contributed by atoms with Crippen LogP contribution in [-0.2, 0) is 4.79 Å². The minimum atomic E-state index is -0.790. The highest BCUT2D eigenvalue weighted by atomic mass is 35.5. The van der Waals surface area contributed by atoms with Gasteiger partial charge in [0.2, 0.25) is 5.91 Å². The van der Waals surface area contributed by atoms with E-state index in [0.717, 1.165) is 0 Å². The summed E-state index contributed by atoms with van der Waals surface area (Å²) in [7, 11) is 0. The molecule has 0 radical (unpaired) electrons. The lowest BCUT2D eigenvalue weighted by Crippen LogP contribution is -2.47. The summed E-state index contributed by atoms with van der Waals surface area (Å²) in [5, 5.41) is 16.0. The van der Waals surface area contributed by atoms with Gasteiger partial charge < -0.3 is 15.7 Å². The van der Waals surface area contributed by atoms with Gasteiger partial charge in [0, 0.05) is 15.6 Å². The number of aromatic hydroxyl groups is 1. The molecule has 0 heterocycles. The van der Waals surface area contributed by atoms with E-state index in [4.69, 9.17) is 23.2 Å². The third-order valence-electron chi connectivity index (χ3n) is 3.56. The number of hydrogen-bond acceptors (Lipinski definition) is 3. The fourth-order valence-corrected chi connectivity index (χ4v) is 2.48. The molecule has 7 heteroatoms. The van der Waals surface area contributed by atoms with Crippen LogP contribution < -0.4 is 10.6 Å². The fraction of sp³-hybridized carbons (Fsp3) is 0.222. The van der Waals surface area contributed by atoms with Crippen LogP contribution in [0.1, 0.15) is 24.2 Å². The standard InChI is InChI=1S/C18H18Cl2N2O3/c1-10(2)16(22-17(24)11-3-5-12(19)6-4-11)18(25)21-14-9-13(20)7-8-15(14)23/h3-10,16,23H,1-2H3,(H,21,25)(H,22,24). The van der Waals surface area contributed by atoms with Gasteiger partial charge >= 0.3 is 0 Å². The van der Waals surface area contributed by atoms with E-state index in [1.165, 1.54) is 18.2 Å². The second-order valence-electron chi connectivity index (χ2n) is 5.85. The van der Waals surface area contributed by atoms with Gasteiger partial charge in [0.15, 0.2) is 0 Å². The Labute approximate surface area is 156 Å². The number of carbonyl (C=O) groups excluding carboxylic acids is 2. The van der Waals surface area contributed by atoms with Gasteiger partial charge in [-0.3, -0.25) is 9.59 Å². The lowest BCUT2D eigenvalue weighted by atomic mass is 10.0. The molecule has 132 valence electrons. The van der Waals surface area contributed by atoms with Gasteiger partial charge in [0.05, 0.1) is 5.69 Å². The smallest absolute Gasteiger partial charge is 0.251 e. The molecule has 0 bridgehead atoms. The molecule has 0 aliphatic rings. The summed E-state index contributed by atoms with van der Waals surface area (Å²) in [6, 6.07) is 9.90. The number of nitrogens with one attached hydrogen (secondary N) is 2. The van der Waals surface area contributed by atoms with E-state index in [2.05, 4.69) is 10.6 Å². The van der Waals surface area contributed by atoms with Crippen molar-refractivity contribution in [1.82, 2.24) is 5.32 Å². The summed E-state index contributed by atoms with van der Waals surface area (Å²) >= 11 is 11.7. The zero-order valence-corrected chi connectivity index (χ0v) is 15.2. The normalized spacial score (nSPS) is 11.9. The van der Waals surface area contributed by atoms with Crippen molar-refractivity contribution in [3.05, 3.63) is 58.1 Å². The molecule has 5 nitrogen and oxygen atoms in total. The van der Waals surface area contributed by atoms with Crippen molar-refractivity contribution in [3.63, 3.8) is 0 Å². The summed E-state index contributed by atoms with van der Waals surface area (Å²) in [6.45, 7) is 3.62. The third-order valence-corrected chi connectivity index (χ3v) is 4.05. The molecule has 0 fully saturated rings. The molecule has 0 aromatic heterocycles. The third kappa shape index (κ3) is 5.11. The molecule has 1 atom stereocenters. The summed E-state index contributed by atoms with van der Waals surface area (Å²) in [4.78, 5) is 24.9. The van der Waals surface area contributed by atoms with Crippen LogP contribution in [0.4, 0.5) is 5.69 Å². The number of hydrogen-bond donors (Lipinski definition) is 3. The van der Waals surface area contributed by atoms with Gasteiger partial charge in [-0.15, -0.1) is 0 Å². The molecule has 0 aliphatic heterocycles. The van der Waals surface area contributed by atoms with E-state index in [9.17, 15) is 14.7 Å². The van der Waals surface area contributed by atoms with Crippen molar-refractivity contribution in [1.29, 1.82) is 0 Å². The molecule has 1 unspecified atom stereocenters. The number of halogens is 2. The maximum absolute atomic E-state index is 12.5. The maximum atomic E-state index is 12.5. The van der Waals surface area contributed by atoms with Gasteiger partial charge in [-0.25, -0.2) is 0 Å². The van der Waals surface area contributed by atoms with Crippen LogP contribution in [0.15, 0.2) is 42.5 Å². The van der Waals surface area contributed by atoms with E-state index in [-0.39, 0.29) is 23.3 Å². The first-order chi connectivity index (χ1) is 11.8. The quantitative estimate of drug-likeness (QED) is 0.683. The largest absolute Gasteiger partial charge is 0.506 e. The molecule has 2 aromatic rings. The number of rotatable bonds is 5. The van der Waals surface area contributed by atoms with Gasteiger partial charge in [-0.05, 0) is 48.4 Å². The predicted octanol–water partition coefficient (Wildman–Crippen LogP) is 4.09. The highest BCUT2D eigenvalue weighted by Gasteiger charge is 2.25. The van der Waals surface area contributed by atoms with Gasteiger partial charge in [-0.2, -0.15) is 0 Å². The van der Waals surface area contributed by atoms with Crippen molar-refractivity contribution in [2.45, 2.75) is 19.9 Å². The van der Waals surface area contributed by atoms with Crippen LogP contribution in [0.3, 0.4) is 0 Å². The lowest BCUT2D eigenvalue weighted by molar-refractivity contribution is -0.118. The molecular weight excluding hydrogens is 363 g/mol. The van der Waals surface area contributed by atoms with E-state index in [1.807, 2.05) is 13.8 Å². The van der Waals surface area contributed by atoms with Crippen molar-refractivity contribution in [2.75, 3.05) is 5.32 Å². The topological polar surface area (TPSA) is 78.4 Å². The molecular formula is C18H18Cl2N2O3. The van der Waals surface area contributed by atoms with Crippen molar-refractivity contribution >= 4 is 40.7 Å². The van der Waals surface area contributed by atoms with Gasteiger partial charge in [0.1, 0.15) is 11.8 Å². The summed E-state index contributed by atoms with van der Waals surface area (Å²) in [6.07, 6.45) is 0. The molecule has 3 N–H and O–H groups in total. The van der Waals surface area contributed by atoms with Crippen LogP contribution >= 0.6 is 23.2 Å². The van der Waals surface area contributed by atoms with Gasteiger partial charge in [0.25, 0.3) is 5.91 Å². The van der Waals surface area contributed by atoms with Crippen LogP contribution in [0.25, 0.3) is 0 Å². The highest BCUT2D eigenvalue weighted by Crippen LogP contribution is 2.27. The van der Waals surface area contributed by atoms with Gasteiger partial charge in [-0.1, -0.05) is 37.0 Å². The van der Waals surface area contributed by atoms with Crippen LogP contribution in [0.2, 0.25) is 10.0 Å². The van der Waals surface area contributed by atoms with E-state index in [0.29, 0.717) is 15.6 Å². The number of anilines is 1. The minimum Gasteiger partial charge on any atom is -0.506 e. The molecule has 2 rings (SSSR count). The zero-order valence-electron chi connectivity index (χ0n) is 13.7. The van der Waals surface area contributed by atoms with Crippen molar-refractivity contribution in [2.24, 2.45) is 5.92 Å². The second-order valence-corrected chi connectivity index (χ2v) is 6.73. The summed E-state index contributed by atoms with van der Waals surface area (Å²) in [5.41, 5.74) is 0.581. The second kappa shape index (κ2) is 8.23. The van der Waals surface area contributed by atoms with E-state index >= 15 is 0 Å². The minimum absolute atomic E-state index is 0.107. The Kier molecular flexibility index (Phi) is 6.28. The average molecular weight is 381 g/mol. The van der Waals surface area contributed by atoms with Crippen molar-refractivity contribution < 1.29 is 14.7 Å². The molecule has 0 aliphatic carbocycles. The number of amides is 2. The number of phenolic OH excluding ortho intramolecular Hbond substituents is 1. The fourth-order valence-electron chi connectivity index (χ4n) is 2.18. The zero-order chi connectivity index (χ0) is 18.6. The molecule has 0 saturated carbocycles. The van der Waals surface area contributed by atoms with Crippen molar-refractivity contribution in [3.8, 4) is 5.75 Å². The molecule has 25 heavy (non-hydrogen) atoms. The average Bonchev–Trinajstić information content (AvgIpc) is 2.56. The first kappa shape index (κ1) is 19.1. The summed E-state index contributed by atoms with van der Waals surface area (Å²) in [5.74, 6) is -1.11. The van der Waals surface area contributed by atoms with Crippen LogP contribution in [-0.4, -0.2) is 23.0 Å². The Morgan fingerprint density at radius 3 is 2.20 bits per heavy atom. The Morgan fingerprint density at radius 1 is 1.00 bits per heavy atom. The maximum Gasteiger partial charge on any atom is 0.251 e. The highest BCUT2D eigenvalue weighted by molar-refractivity contribution is 6.31. The van der Waals surface area contributed by atoms with E-state index in [1.54, 1.807) is 24.3 Å². The number of benzene rings is 2. The Hall–Kier alpha value is -2.24. The first-order valence-corrected chi connectivity index (χ1v) is 8.39. The summed E-state index contributed by atoms with van der Waals surface area (Å²) < 4.78 is 0. The molecule has 2 aromatic carbocycles. The Bertz CT molecular complexity index is 776. The number of carbonyl (C=O) groups is 2. The monoisotopic (exact) mass is 380 g/mol. The lowest BCUT2D eigenvalue weighted by Gasteiger charge is -2.22. The predicted molar refractivity (Wildman–Crippen MR) is 99.3 cm³/mol. The SMILES string of the molecule is CC(C)C(NC(=O)c1ccc(Cl)cc1)C(=O)Nc1cc(Cl)ccc1O. The molecule has 2 amide bonds. The molecule has 0 saturated heterocycles. The van der Waals surface area contributed by atoms with Crippen LogP contribution in [0.5, 0.6) is 5.75 Å². The molecule has 0 spiro atoms. The Morgan fingerprint density at radius 2 is 1.60 bits per heavy atom. The van der Waals surface area contributed by atoms with E-state index < -0.39 is 11.9 Å². The number of phenols is 1. The Balaban J connectivity index is 2.14. The van der Waals surface area contributed by atoms with Crippen LogP contribution in [0, 0.1) is 5.92 Å².